The second-order valence-corrected chi connectivity index (χ2v) is 4.49. The van der Waals surface area contributed by atoms with Crippen LogP contribution in [-0.2, 0) is 6.54 Å². The van der Waals surface area contributed by atoms with E-state index >= 15 is 0 Å². The van der Waals surface area contributed by atoms with Gasteiger partial charge in [0.25, 0.3) is 0 Å². The number of benzene rings is 2. The van der Waals surface area contributed by atoms with Crippen molar-refractivity contribution in [2.75, 3.05) is 11.9 Å². The summed E-state index contributed by atoms with van der Waals surface area (Å²) in [5.74, 6) is 0. The highest BCUT2D eigenvalue weighted by molar-refractivity contribution is 5.49. The monoisotopic (exact) mass is 224 g/mol. The molecule has 0 fully saturated rings. The Morgan fingerprint density at radius 1 is 1.00 bits per heavy atom. The molecule has 0 aromatic heterocycles. The van der Waals surface area contributed by atoms with Crippen molar-refractivity contribution in [3.8, 4) is 0 Å². The lowest BCUT2D eigenvalue weighted by molar-refractivity contribution is 0.920. The number of hydrogen-bond donors (Lipinski definition) is 0. The maximum atomic E-state index is 3.42. The van der Waals surface area contributed by atoms with Crippen molar-refractivity contribution in [2.24, 2.45) is 0 Å². The third-order valence-electron chi connectivity index (χ3n) is 3.07. The van der Waals surface area contributed by atoms with E-state index in [0.717, 1.165) is 12.2 Å². The third kappa shape index (κ3) is 2.88. The fraction of sp³-hybridized carbons (Fsp3) is 0.250. The smallest absolute Gasteiger partial charge is 0.0450 e. The van der Waals surface area contributed by atoms with E-state index < -0.39 is 0 Å². The highest BCUT2D eigenvalue weighted by Gasteiger charge is 2.03. The average Bonchev–Trinajstić information content (AvgIpc) is 2.34. The summed E-state index contributed by atoms with van der Waals surface area (Å²) in [7, 11) is 2.10. The molecule has 1 radical (unpaired) electrons. The molecular weight excluding hydrogens is 206 g/mol. The molecule has 0 N–H and O–H groups in total. The molecule has 0 heterocycles. The Morgan fingerprint density at radius 3 is 2.35 bits per heavy atom. The van der Waals surface area contributed by atoms with Gasteiger partial charge in [0.2, 0.25) is 0 Å². The van der Waals surface area contributed by atoms with E-state index in [1.54, 1.807) is 0 Å². The lowest BCUT2D eigenvalue weighted by atomic mass is 10.1. The van der Waals surface area contributed by atoms with Crippen LogP contribution < -0.4 is 4.90 Å². The molecule has 0 aliphatic heterocycles. The molecule has 1 nitrogen and oxygen atoms in total. The van der Waals surface area contributed by atoms with Gasteiger partial charge in [0.1, 0.15) is 0 Å². The first kappa shape index (κ1) is 11.7. The topological polar surface area (TPSA) is 3.24 Å². The molecule has 0 amide bonds. The summed E-state index contributed by atoms with van der Waals surface area (Å²) >= 11 is 0. The highest BCUT2D eigenvalue weighted by atomic mass is 15.1. The Morgan fingerprint density at radius 2 is 1.71 bits per heavy atom. The van der Waals surface area contributed by atoms with E-state index in [2.05, 4.69) is 68.3 Å². The van der Waals surface area contributed by atoms with E-state index in [1.165, 1.54) is 16.7 Å². The first-order valence-corrected chi connectivity index (χ1v) is 5.91. The number of rotatable bonds is 3. The number of anilines is 1. The summed E-state index contributed by atoms with van der Waals surface area (Å²) in [6, 6.07) is 18.2. The molecule has 2 rings (SSSR count). The van der Waals surface area contributed by atoms with Gasteiger partial charge >= 0.3 is 0 Å². The largest absolute Gasteiger partial charge is 0.370 e. The minimum absolute atomic E-state index is 0.917. The summed E-state index contributed by atoms with van der Waals surface area (Å²) in [6.07, 6.45) is 0. The Labute approximate surface area is 104 Å². The molecule has 0 aliphatic carbocycles. The van der Waals surface area contributed by atoms with Gasteiger partial charge < -0.3 is 4.90 Å². The molecule has 0 spiro atoms. The molecular formula is C16H18N. The zero-order chi connectivity index (χ0) is 12.3. The standard InChI is InChI=1S/C16H18N/c1-13-9-10-16(11-14(13)2)17(3)12-15-7-5-4-6-8-15/h4-10H,12H2,1-3H3. The van der Waals surface area contributed by atoms with Gasteiger partial charge in [-0.1, -0.05) is 36.4 Å². The summed E-state index contributed by atoms with van der Waals surface area (Å²) < 4.78 is 0. The van der Waals surface area contributed by atoms with Crippen LogP contribution in [0.3, 0.4) is 0 Å². The van der Waals surface area contributed by atoms with Gasteiger partial charge in [-0.15, -0.1) is 0 Å². The molecule has 87 valence electrons. The van der Waals surface area contributed by atoms with Gasteiger partial charge in [0.15, 0.2) is 0 Å². The van der Waals surface area contributed by atoms with E-state index in [4.69, 9.17) is 0 Å². The second kappa shape index (κ2) is 5.05. The Balaban J connectivity index is 2.14. The van der Waals surface area contributed by atoms with E-state index in [1.807, 2.05) is 6.07 Å². The number of nitrogens with zero attached hydrogens (tertiary/aromatic N) is 1. The fourth-order valence-corrected chi connectivity index (χ4v) is 1.83. The first-order chi connectivity index (χ1) is 8.16. The van der Waals surface area contributed by atoms with Gasteiger partial charge in [-0.05, 0) is 36.6 Å². The van der Waals surface area contributed by atoms with Crippen LogP contribution in [0.5, 0.6) is 0 Å². The third-order valence-corrected chi connectivity index (χ3v) is 3.07. The fourth-order valence-electron chi connectivity index (χ4n) is 1.83. The van der Waals surface area contributed by atoms with Gasteiger partial charge in [-0.25, -0.2) is 0 Å². The first-order valence-electron chi connectivity index (χ1n) is 5.91. The predicted octanol–water partition coefficient (Wildman–Crippen LogP) is 3.74. The van der Waals surface area contributed by atoms with Gasteiger partial charge in [0.05, 0.1) is 0 Å². The van der Waals surface area contributed by atoms with E-state index in [0.29, 0.717) is 0 Å². The lowest BCUT2D eigenvalue weighted by Crippen LogP contribution is -2.16. The molecule has 2 aromatic rings. The van der Waals surface area contributed by atoms with Gasteiger partial charge in [0, 0.05) is 25.3 Å². The maximum absolute atomic E-state index is 3.42. The van der Waals surface area contributed by atoms with E-state index in [9.17, 15) is 0 Å². The summed E-state index contributed by atoms with van der Waals surface area (Å²) in [5, 5.41) is 0. The van der Waals surface area contributed by atoms with Crippen LogP contribution in [0.4, 0.5) is 5.69 Å². The maximum Gasteiger partial charge on any atom is 0.0450 e. The van der Waals surface area contributed by atoms with Crippen LogP contribution in [0.15, 0.2) is 42.5 Å². The van der Waals surface area contributed by atoms with Crippen molar-refractivity contribution in [1.29, 1.82) is 0 Å². The zero-order valence-corrected chi connectivity index (χ0v) is 10.7. The zero-order valence-electron chi connectivity index (χ0n) is 10.7. The predicted molar refractivity (Wildman–Crippen MR) is 73.3 cm³/mol. The molecule has 0 bridgehead atoms. The van der Waals surface area contributed by atoms with Gasteiger partial charge in [-0.2, -0.15) is 0 Å². The molecule has 17 heavy (non-hydrogen) atoms. The minimum atomic E-state index is 0.917. The highest BCUT2D eigenvalue weighted by Crippen LogP contribution is 2.18. The Bertz CT molecular complexity index is 488. The van der Waals surface area contributed by atoms with Crippen LogP contribution in [0.2, 0.25) is 0 Å². The molecule has 2 aromatic carbocycles. The molecule has 0 saturated carbocycles. The van der Waals surface area contributed by atoms with Crippen LogP contribution in [0.25, 0.3) is 0 Å². The van der Waals surface area contributed by atoms with Crippen molar-refractivity contribution in [3.63, 3.8) is 0 Å². The lowest BCUT2D eigenvalue weighted by Gasteiger charge is -2.20. The van der Waals surface area contributed by atoms with Crippen LogP contribution >= 0.6 is 0 Å². The molecule has 0 unspecified atom stereocenters. The molecule has 0 atom stereocenters. The van der Waals surface area contributed by atoms with Crippen molar-refractivity contribution >= 4 is 5.69 Å². The van der Waals surface area contributed by atoms with Crippen LogP contribution in [0, 0.1) is 19.9 Å². The van der Waals surface area contributed by atoms with Crippen molar-refractivity contribution in [2.45, 2.75) is 20.4 Å². The summed E-state index contributed by atoms with van der Waals surface area (Å²) in [6.45, 7) is 5.14. The van der Waals surface area contributed by atoms with Crippen molar-refractivity contribution < 1.29 is 0 Å². The van der Waals surface area contributed by atoms with Crippen LogP contribution in [-0.4, -0.2) is 7.05 Å². The van der Waals surface area contributed by atoms with E-state index in [-0.39, 0.29) is 0 Å². The van der Waals surface area contributed by atoms with Crippen molar-refractivity contribution in [3.05, 3.63) is 65.2 Å². The average molecular weight is 224 g/mol. The minimum Gasteiger partial charge on any atom is -0.370 e. The SMILES string of the molecule is Cc1[c]c(N(C)Cc2ccccc2)ccc1C. The van der Waals surface area contributed by atoms with Crippen molar-refractivity contribution in [1.82, 2.24) is 0 Å². The second-order valence-electron chi connectivity index (χ2n) is 4.49. The number of hydrogen-bond acceptors (Lipinski definition) is 1. The van der Waals surface area contributed by atoms with Gasteiger partial charge in [-0.3, -0.25) is 0 Å². The Hall–Kier alpha value is -1.76. The summed E-state index contributed by atoms with van der Waals surface area (Å²) in [5.41, 5.74) is 4.99. The Kier molecular flexibility index (Phi) is 3.48. The van der Waals surface area contributed by atoms with Crippen LogP contribution in [0.1, 0.15) is 16.7 Å². The molecule has 0 saturated heterocycles. The quantitative estimate of drug-likeness (QED) is 0.767. The molecule has 1 heteroatoms. The normalized spacial score (nSPS) is 10.3. The summed E-state index contributed by atoms with van der Waals surface area (Å²) in [4.78, 5) is 2.22. The molecule has 0 aliphatic rings. The number of aryl methyl sites for hydroxylation is 2.